The lowest BCUT2D eigenvalue weighted by Crippen LogP contribution is -2.50. The highest BCUT2D eigenvalue weighted by molar-refractivity contribution is 5.96. The molecule has 1 aliphatic rings. The van der Waals surface area contributed by atoms with Crippen molar-refractivity contribution < 1.29 is 19.1 Å². The first-order valence-corrected chi connectivity index (χ1v) is 11.1. The second-order valence-electron chi connectivity index (χ2n) is 8.42. The fourth-order valence-electron chi connectivity index (χ4n) is 4.03. The van der Waals surface area contributed by atoms with Crippen LogP contribution in [0.3, 0.4) is 0 Å². The molecule has 1 aliphatic heterocycles. The number of carbonyl (C=O) groups is 2. The summed E-state index contributed by atoms with van der Waals surface area (Å²) in [4.78, 5) is 54.5. The standard InChI is InChI=1S/C24H25FN6O4/c1-29-11-12-31(23(34)17-13-26-9-10-27-17)14-18(29)22-28-20(21(33)24(35)30(22)2)19(32)8-5-15-3-6-16(25)7-4-15/h3-4,6-7,9-10,13,18,33H,5,8,11-12,14H2,1-2H3. The number of nitrogens with zero attached hydrogens (tertiary/aromatic N) is 6. The van der Waals surface area contributed by atoms with Gasteiger partial charge < -0.3 is 10.0 Å². The van der Waals surface area contributed by atoms with Crippen LogP contribution in [0, 0.1) is 5.82 Å². The van der Waals surface area contributed by atoms with Gasteiger partial charge in [-0.05, 0) is 31.2 Å². The monoisotopic (exact) mass is 480 g/mol. The summed E-state index contributed by atoms with van der Waals surface area (Å²) in [6.07, 6.45) is 4.59. The molecule has 2 aromatic heterocycles. The Balaban J connectivity index is 1.59. The van der Waals surface area contributed by atoms with Crippen molar-refractivity contribution >= 4 is 11.7 Å². The third kappa shape index (κ3) is 5.09. The Labute approximate surface area is 200 Å². The molecular formula is C24H25FN6O4. The van der Waals surface area contributed by atoms with E-state index in [-0.39, 0.29) is 41.9 Å². The minimum atomic E-state index is -0.745. The predicted molar refractivity (Wildman–Crippen MR) is 124 cm³/mol. The van der Waals surface area contributed by atoms with E-state index in [1.807, 2.05) is 11.9 Å². The van der Waals surface area contributed by atoms with Crippen LogP contribution in [0.4, 0.5) is 4.39 Å². The molecular weight excluding hydrogens is 455 g/mol. The van der Waals surface area contributed by atoms with Crippen LogP contribution in [0.2, 0.25) is 0 Å². The van der Waals surface area contributed by atoms with E-state index >= 15 is 0 Å². The normalized spacial score (nSPS) is 16.3. The highest BCUT2D eigenvalue weighted by Crippen LogP contribution is 2.25. The van der Waals surface area contributed by atoms with Crippen molar-refractivity contribution in [3.05, 3.63) is 81.8 Å². The van der Waals surface area contributed by atoms with Crippen LogP contribution in [-0.2, 0) is 13.5 Å². The molecule has 1 amide bonds. The molecule has 1 aromatic carbocycles. The highest BCUT2D eigenvalue weighted by Gasteiger charge is 2.33. The molecule has 0 spiro atoms. The van der Waals surface area contributed by atoms with Crippen LogP contribution >= 0.6 is 0 Å². The summed E-state index contributed by atoms with van der Waals surface area (Å²) in [6, 6.07) is 5.26. The number of hydrogen-bond donors (Lipinski definition) is 1. The highest BCUT2D eigenvalue weighted by atomic mass is 19.1. The van der Waals surface area contributed by atoms with Crippen molar-refractivity contribution in [1.82, 2.24) is 29.3 Å². The minimum Gasteiger partial charge on any atom is -0.501 e. The number of carbonyl (C=O) groups excluding carboxylic acids is 2. The quantitative estimate of drug-likeness (QED) is 0.525. The van der Waals surface area contributed by atoms with E-state index in [9.17, 15) is 23.9 Å². The molecule has 0 radical (unpaired) electrons. The lowest BCUT2D eigenvalue weighted by Gasteiger charge is -2.39. The molecule has 10 nitrogen and oxygen atoms in total. The van der Waals surface area contributed by atoms with Gasteiger partial charge in [0, 0.05) is 45.5 Å². The van der Waals surface area contributed by atoms with Crippen molar-refractivity contribution in [3.8, 4) is 5.75 Å². The Hall–Kier alpha value is -3.99. The van der Waals surface area contributed by atoms with Crippen LogP contribution in [0.5, 0.6) is 5.75 Å². The first-order valence-electron chi connectivity index (χ1n) is 11.1. The van der Waals surface area contributed by atoms with Crippen molar-refractivity contribution in [1.29, 1.82) is 0 Å². The molecule has 1 unspecified atom stereocenters. The first kappa shape index (κ1) is 24.1. The molecule has 0 saturated carbocycles. The Kier molecular flexibility index (Phi) is 6.97. The van der Waals surface area contributed by atoms with Crippen LogP contribution < -0.4 is 5.56 Å². The number of piperazine rings is 1. The lowest BCUT2D eigenvalue weighted by atomic mass is 10.0. The number of benzene rings is 1. The lowest BCUT2D eigenvalue weighted by molar-refractivity contribution is 0.0518. The van der Waals surface area contributed by atoms with Crippen molar-refractivity contribution in [3.63, 3.8) is 0 Å². The summed E-state index contributed by atoms with van der Waals surface area (Å²) < 4.78 is 14.3. The van der Waals surface area contributed by atoms with Gasteiger partial charge >= 0.3 is 0 Å². The number of aromatic nitrogens is 4. The first-order chi connectivity index (χ1) is 16.8. The predicted octanol–water partition coefficient (Wildman–Crippen LogP) is 1.36. The van der Waals surface area contributed by atoms with Crippen molar-refractivity contribution in [2.75, 3.05) is 26.7 Å². The fourth-order valence-corrected chi connectivity index (χ4v) is 4.03. The molecule has 3 heterocycles. The number of hydrogen-bond acceptors (Lipinski definition) is 8. The van der Waals surface area contributed by atoms with E-state index in [4.69, 9.17) is 0 Å². The second-order valence-corrected chi connectivity index (χ2v) is 8.42. The van der Waals surface area contributed by atoms with Gasteiger partial charge in [0.1, 0.15) is 17.3 Å². The maximum absolute atomic E-state index is 13.1. The number of aryl methyl sites for hydroxylation is 1. The summed E-state index contributed by atoms with van der Waals surface area (Å²) in [6.45, 7) is 1.15. The molecule has 1 atom stereocenters. The average Bonchev–Trinajstić information content (AvgIpc) is 2.87. The summed E-state index contributed by atoms with van der Waals surface area (Å²) in [5.74, 6) is -1.63. The largest absolute Gasteiger partial charge is 0.501 e. The summed E-state index contributed by atoms with van der Waals surface area (Å²) >= 11 is 0. The molecule has 35 heavy (non-hydrogen) atoms. The smallest absolute Gasteiger partial charge is 0.296 e. The van der Waals surface area contributed by atoms with Crippen LogP contribution in [-0.4, -0.2) is 72.8 Å². The average molecular weight is 481 g/mol. The Morgan fingerprint density at radius 3 is 2.57 bits per heavy atom. The van der Waals surface area contributed by atoms with Crippen LogP contribution in [0.25, 0.3) is 0 Å². The van der Waals surface area contributed by atoms with Gasteiger partial charge in [0.2, 0.25) is 5.75 Å². The van der Waals surface area contributed by atoms with Gasteiger partial charge in [0.15, 0.2) is 11.5 Å². The zero-order chi connectivity index (χ0) is 25.1. The van der Waals surface area contributed by atoms with Gasteiger partial charge in [-0.2, -0.15) is 0 Å². The molecule has 3 aromatic rings. The SMILES string of the molecule is CN1CCN(C(=O)c2cnccn2)CC1c1nc(C(=O)CCc2ccc(F)cc2)c(O)c(=O)n1C. The molecule has 1 N–H and O–H groups in total. The maximum atomic E-state index is 13.1. The molecule has 4 rings (SSSR count). The number of amides is 1. The number of ketones is 1. The third-order valence-corrected chi connectivity index (χ3v) is 6.14. The van der Waals surface area contributed by atoms with Crippen LogP contribution in [0.15, 0.2) is 47.7 Å². The van der Waals surface area contributed by atoms with E-state index in [1.165, 1.54) is 42.3 Å². The number of Topliss-reactive ketones (excluding diaryl/α,β-unsaturated/α-hetero) is 1. The van der Waals surface area contributed by atoms with Crippen molar-refractivity contribution in [2.24, 2.45) is 7.05 Å². The molecule has 1 fully saturated rings. The van der Waals surface area contributed by atoms with Gasteiger partial charge in [0.25, 0.3) is 11.5 Å². The van der Waals surface area contributed by atoms with Gasteiger partial charge in [-0.25, -0.2) is 14.4 Å². The van der Waals surface area contributed by atoms with E-state index in [2.05, 4.69) is 15.0 Å². The molecule has 0 bridgehead atoms. The number of aromatic hydroxyl groups is 1. The van der Waals surface area contributed by atoms with E-state index < -0.39 is 23.1 Å². The topological polar surface area (TPSA) is 122 Å². The fraction of sp³-hybridized carbons (Fsp3) is 0.333. The number of rotatable bonds is 6. The molecule has 0 aliphatic carbocycles. The zero-order valence-corrected chi connectivity index (χ0v) is 19.4. The van der Waals surface area contributed by atoms with E-state index in [0.717, 1.165) is 5.56 Å². The summed E-state index contributed by atoms with van der Waals surface area (Å²) in [5, 5.41) is 10.4. The summed E-state index contributed by atoms with van der Waals surface area (Å²) in [5.41, 5.74) is -0.101. The third-order valence-electron chi connectivity index (χ3n) is 6.14. The summed E-state index contributed by atoms with van der Waals surface area (Å²) in [7, 11) is 3.30. The number of likely N-dealkylation sites (N-methyl/N-ethyl adjacent to an activating group) is 1. The molecule has 1 saturated heterocycles. The molecule has 11 heteroatoms. The van der Waals surface area contributed by atoms with Gasteiger partial charge in [-0.3, -0.25) is 28.8 Å². The van der Waals surface area contributed by atoms with Gasteiger partial charge in [0.05, 0.1) is 12.2 Å². The zero-order valence-electron chi connectivity index (χ0n) is 19.4. The van der Waals surface area contributed by atoms with Crippen molar-refractivity contribution in [2.45, 2.75) is 18.9 Å². The Bertz CT molecular complexity index is 1300. The van der Waals surface area contributed by atoms with Gasteiger partial charge in [-0.1, -0.05) is 12.1 Å². The minimum absolute atomic E-state index is 0.0173. The van der Waals surface area contributed by atoms with Crippen LogP contribution in [0.1, 0.15) is 44.8 Å². The van der Waals surface area contributed by atoms with E-state index in [0.29, 0.717) is 19.5 Å². The second kappa shape index (κ2) is 10.1. The molecule has 182 valence electrons. The van der Waals surface area contributed by atoms with Gasteiger partial charge in [-0.15, -0.1) is 0 Å². The number of halogens is 1. The Morgan fingerprint density at radius 1 is 1.14 bits per heavy atom. The maximum Gasteiger partial charge on any atom is 0.296 e. The Morgan fingerprint density at radius 2 is 1.89 bits per heavy atom. The van der Waals surface area contributed by atoms with E-state index in [1.54, 1.807) is 17.0 Å².